The molecule has 1 heterocycles. The first-order valence-electron chi connectivity index (χ1n) is 10.8. The van der Waals surface area contributed by atoms with Gasteiger partial charge in [0.15, 0.2) is 5.17 Å². The Bertz CT molecular complexity index is 1290. The van der Waals surface area contributed by atoms with Crippen molar-refractivity contribution < 1.29 is 4.79 Å². The van der Waals surface area contributed by atoms with Crippen LogP contribution >= 0.6 is 11.8 Å². The van der Waals surface area contributed by atoms with Gasteiger partial charge in [0.2, 0.25) is 0 Å². The molecule has 162 valence electrons. The Labute approximate surface area is 194 Å². The highest BCUT2D eigenvalue weighted by atomic mass is 32.2. The first-order valence-corrected chi connectivity index (χ1v) is 11.6. The summed E-state index contributed by atoms with van der Waals surface area (Å²) in [5, 5.41) is 0.677. The van der Waals surface area contributed by atoms with Gasteiger partial charge in [-0.15, -0.1) is 0 Å². The number of aryl methyl sites for hydroxylation is 6. The molecule has 3 nitrogen and oxygen atoms in total. The van der Waals surface area contributed by atoms with Crippen molar-refractivity contribution in [2.24, 2.45) is 4.99 Å². The molecule has 0 aliphatic carbocycles. The van der Waals surface area contributed by atoms with Gasteiger partial charge >= 0.3 is 0 Å². The van der Waals surface area contributed by atoms with Gasteiger partial charge in [-0.25, -0.2) is 4.99 Å². The Hall–Kier alpha value is -3.11. The predicted octanol–water partition coefficient (Wildman–Crippen LogP) is 7.35. The van der Waals surface area contributed by atoms with Crippen LogP contribution in [-0.4, -0.2) is 11.1 Å². The zero-order valence-corrected chi connectivity index (χ0v) is 20.3. The van der Waals surface area contributed by atoms with Crippen molar-refractivity contribution in [2.45, 2.75) is 41.5 Å². The number of thioether (sulfide) groups is 1. The van der Waals surface area contributed by atoms with Crippen molar-refractivity contribution in [1.29, 1.82) is 0 Å². The summed E-state index contributed by atoms with van der Waals surface area (Å²) in [6.45, 7) is 12.5. The minimum absolute atomic E-state index is 0.0425. The molecule has 1 amide bonds. The molecule has 0 N–H and O–H groups in total. The summed E-state index contributed by atoms with van der Waals surface area (Å²) in [5.74, 6) is -0.0425. The van der Waals surface area contributed by atoms with Gasteiger partial charge in [-0.2, -0.15) is 0 Å². The average Bonchev–Trinajstić information content (AvgIpc) is 3.04. The smallest absolute Gasteiger partial charge is 0.268 e. The summed E-state index contributed by atoms with van der Waals surface area (Å²) < 4.78 is 0. The lowest BCUT2D eigenvalue weighted by atomic mass is 10.1. The fourth-order valence-corrected chi connectivity index (χ4v) is 4.55. The highest BCUT2D eigenvalue weighted by molar-refractivity contribution is 8.19. The highest BCUT2D eigenvalue weighted by Gasteiger charge is 2.35. The summed E-state index contributed by atoms with van der Waals surface area (Å²) in [5.41, 5.74) is 9.94. The third kappa shape index (κ3) is 4.42. The van der Waals surface area contributed by atoms with Crippen LogP contribution in [0.25, 0.3) is 6.08 Å². The molecule has 0 bridgehead atoms. The molecule has 32 heavy (non-hydrogen) atoms. The molecule has 1 aliphatic heterocycles. The number of amidine groups is 1. The maximum atomic E-state index is 13.5. The van der Waals surface area contributed by atoms with Gasteiger partial charge in [0.05, 0.1) is 16.3 Å². The predicted molar refractivity (Wildman–Crippen MR) is 138 cm³/mol. The van der Waals surface area contributed by atoms with Crippen LogP contribution in [0.4, 0.5) is 11.4 Å². The van der Waals surface area contributed by atoms with Crippen LogP contribution in [0, 0.1) is 41.5 Å². The van der Waals surface area contributed by atoms with Crippen LogP contribution in [0.1, 0.15) is 38.9 Å². The minimum Gasteiger partial charge on any atom is -0.268 e. The lowest BCUT2D eigenvalue weighted by Crippen LogP contribution is -2.28. The highest BCUT2D eigenvalue weighted by Crippen LogP contribution is 2.38. The molecular formula is C28H28N2OS. The first-order chi connectivity index (χ1) is 15.2. The monoisotopic (exact) mass is 440 g/mol. The Morgan fingerprint density at radius 1 is 0.719 bits per heavy atom. The quantitative estimate of drug-likeness (QED) is 0.399. The second-order valence-electron chi connectivity index (χ2n) is 8.53. The standard InChI is InChI=1S/C28H28N2OS/c1-17-7-10-23(13-20(17)4)16-26-27(31)30(25-12-9-19(3)22(6)15-25)28(32-26)29-24-11-8-18(2)21(5)14-24/h7-16H,1-6H3/b26-16-,29-28?. The van der Waals surface area contributed by atoms with E-state index in [-0.39, 0.29) is 5.91 Å². The van der Waals surface area contributed by atoms with Crippen molar-refractivity contribution in [1.82, 2.24) is 0 Å². The number of amides is 1. The first kappa shape index (κ1) is 22.1. The molecule has 0 radical (unpaired) electrons. The maximum Gasteiger partial charge on any atom is 0.271 e. The fraction of sp³-hybridized carbons (Fsp3) is 0.214. The van der Waals surface area contributed by atoms with Gasteiger partial charge in [0.25, 0.3) is 5.91 Å². The Morgan fingerprint density at radius 2 is 1.31 bits per heavy atom. The van der Waals surface area contributed by atoms with E-state index in [1.54, 1.807) is 4.90 Å². The lowest BCUT2D eigenvalue weighted by molar-refractivity contribution is -0.113. The molecule has 0 saturated carbocycles. The van der Waals surface area contributed by atoms with E-state index in [0.717, 1.165) is 22.5 Å². The van der Waals surface area contributed by atoms with E-state index in [0.29, 0.717) is 10.1 Å². The number of hydrogen-bond donors (Lipinski definition) is 0. The number of hydrogen-bond acceptors (Lipinski definition) is 3. The molecule has 0 spiro atoms. The number of benzene rings is 3. The van der Waals surface area contributed by atoms with E-state index in [9.17, 15) is 4.79 Å². The van der Waals surface area contributed by atoms with Crippen molar-refractivity contribution in [3.05, 3.63) is 98.4 Å². The van der Waals surface area contributed by atoms with Gasteiger partial charge in [-0.3, -0.25) is 9.69 Å². The van der Waals surface area contributed by atoms with E-state index in [4.69, 9.17) is 4.99 Å². The van der Waals surface area contributed by atoms with Crippen molar-refractivity contribution in [3.63, 3.8) is 0 Å². The summed E-state index contributed by atoms with van der Waals surface area (Å²) in [7, 11) is 0. The van der Waals surface area contributed by atoms with Crippen molar-refractivity contribution >= 4 is 40.3 Å². The number of nitrogens with zero attached hydrogens (tertiary/aromatic N) is 2. The summed E-state index contributed by atoms with van der Waals surface area (Å²) in [6.07, 6.45) is 1.97. The third-order valence-corrected chi connectivity index (χ3v) is 7.07. The lowest BCUT2D eigenvalue weighted by Gasteiger charge is -2.17. The van der Waals surface area contributed by atoms with Crippen molar-refractivity contribution in [2.75, 3.05) is 4.90 Å². The topological polar surface area (TPSA) is 32.7 Å². The second kappa shape index (κ2) is 8.79. The van der Waals surface area contributed by atoms with E-state index < -0.39 is 0 Å². The normalized spacial score (nSPS) is 16.4. The molecule has 1 aliphatic rings. The maximum absolute atomic E-state index is 13.5. The van der Waals surface area contributed by atoms with Crippen LogP contribution < -0.4 is 4.90 Å². The van der Waals surface area contributed by atoms with E-state index >= 15 is 0 Å². The second-order valence-corrected chi connectivity index (χ2v) is 9.54. The number of aliphatic imine (C=N–C) groups is 1. The summed E-state index contributed by atoms with van der Waals surface area (Å²) in [6, 6.07) is 18.5. The van der Waals surface area contributed by atoms with Gasteiger partial charge in [-0.05, 0) is 123 Å². The molecule has 1 saturated heterocycles. The SMILES string of the molecule is Cc1ccc(/C=C2\SC(=Nc3ccc(C)c(C)c3)N(c3ccc(C)c(C)c3)C2=O)cc1C. The zero-order chi connectivity index (χ0) is 23.0. The molecule has 1 fully saturated rings. The van der Waals surface area contributed by atoms with Crippen LogP contribution in [0.2, 0.25) is 0 Å². The van der Waals surface area contributed by atoms with Gasteiger partial charge in [0.1, 0.15) is 0 Å². The number of rotatable bonds is 3. The van der Waals surface area contributed by atoms with Crippen LogP contribution in [0.15, 0.2) is 64.5 Å². The van der Waals surface area contributed by atoms with E-state index in [1.807, 2.05) is 18.2 Å². The fourth-order valence-electron chi connectivity index (χ4n) is 3.55. The molecule has 0 unspecified atom stereocenters. The Morgan fingerprint density at radius 3 is 1.94 bits per heavy atom. The van der Waals surface area contributed by atoms with E-state index in [1.165, 1.54) is 39.6 Å². The third-order valence-electron chi connectivity index (χ3n) is 6.10. The molecule has 0 aromatic heterocycles. The molecular weight excluding hydrogens is 412 g/mol. The summed E-state index contributed by atoms with van der Waals surface area (Å²) >= 11 is 1.43. The van der Waals surface area contributed by atoms with Gasteiger partial charge in [0, 0.05) is 0 Å². The summed E-state index contributed by atoms with van der Waals surface area (Å²) in [4.78, 5) is 20.8. The number of anilines is 1. The zero-order valence-electron chi connectivity index (χ0n) is 19.5. The molecule has 3 aromatic carbocycles. The minimum atomic E-state index is -0.0425. The molecule has 3 aromatic rings. The molecule has 4 rings (SSSR count). The number of carbonyl (C=O) groups is 1. The number of carbonyl (C=O) groups excluding carboxylic acids is 1. The van der Waals surface area contributed by atoms with Crippen molar-refractivity contribution in [3.8, 4) is 0 Å². The largest absolute Gasteiger partial charge is 0.271 e. The van der Waals surface area contributed by atoms with Crippen LogP contribution in [0.3, 0.4) is 0 Å². The molecule has 0 atom stereocenters. The van der Waals surface area contributed by atoms with Gasteiger partial charge in [-0.1, -0.05) is 30.3 Å². The Kier molecular flexibility index (Phi) is 6.07. The van der Waals surface area contributed by atoms with Gasteiger partial charge < -0.3 is 0 Å². The Balaban J connectivity index is 1.81. The van der Waals surface area contributed by atoms with Crippen LogP contribution in [-0.2, 0) is 4.79 Å². The molecule has 4 heteroatoms. The average molecular weight is 441 g/mol. The van der Waals surface area contributed by atoms with E-state index in [2.05, 4.69) is 84.0 Å². The van der Waals surface area contributed by atoms with Crippen LogP contribution in [0.5, 0.6) is 0 Å².